The first-order chi connectivity index (χ1) is 33.3. The van der Waals surface area contributed by atoms with E-state index in [2.05, 4.69) is 253 Å². The summed E-state index contributed by atoms with van der Waals surface area (Å²) in [5.74, 6) is 0.368. The van der Waals surface area contributed by atoms with Gasteiger partial charge in [0, 0.05) is 11.8 Å². The minimum atomic E-state index is -0.00944. The minimum absolute atomic E-state index is 0.00185. The molecule has 8 aromatic carbocycles. The van der Waals surface area contributed by atoms with Gasteiger partial charge in [-0.05, 0) is 167 Å². The molecular formula is C70H66. The van der Waals surface area contributed by atoms with E-state index in [4.69, 9.17) is 0 Å². The summed E-state index contributed by atoms with van der Waals surface area (Å²) in [5.41, 5.74) is 29.8. The largest absolute Gasteiger partial charge is 0.0760 e. The van der Waals surface area contributed by atoms with Crippen molar-refractivity contribution in [1.82, 2.24) is 0 Å². The lowest BCUT2D eigenvalue weighted by atomic mass is 9.71. The van der Waals surface area contributed by atoms with Gasteiger partial charge < -0.3 is 0 Å². The maximum absolute atomic E-state index is 2.65. The van der Waals surface area contributed by atoms with Gasteiger partial charge in [-0.1, -0.05) is 241 Å². The molecule has 0 fully saturated rings. The Morgan fingerprint density at radius 3 is 1.34 bits per heavy atom. The van der Waals surface area contributed by atoms with Crippen LogP contribution >= 0.6 is 0 Å². The average molecular weight is 907 g/mol. The van der Waals surface area contributed by atoms with Gasteiger partial charge in [-0.3, -0.25) is 0 Å². The lowest BCUT2D eigenvalue weighted by Gasteiger charge is -2.31. The Balaban J connectivity index is 1.17. The van der Waals surface area contributed by atoms with E-state index < -0.39 is 0 Å². The highest BCUT2D eigenvalue weighted by atomic mass is 14.5. The summed E-state index contributed by atoms with van der Waals surface area (Å²) >= 11 is 0. The van der Waals surface area contributed by atoms with E-state index in [9.17, 15) is 0 Å². The molecule has 12 rings (SSSR count). The van der Waals surface area contributed by atoms with Crippen molar-refractivity contribution >= 4 is 28.0 Å². The predicted octanol–water partition coefficient (Wildman–Crippen LogP) is 19.6. The summed E-state index contributed by atoms with van der Waals surface area (Å²) in [6.45, 7) is 28.4. The zero-order valence-electron chi connectivity index (χ0n) is 43.3. The van der Waals surface area contributed by atoms with Crippen molar-refractivity contribution in [3.63, 3.8) is 0 Å². The van der Waals surface area contributed by atoms with Crippen LogP contribution in [0.1, 0.15) is 134 Å². The predicted molar refractivity (Wildman–Crippen MR) is 303 cm³/mol. The molecule has 4 aliphatic rings. The van der Waals surface area contributed by atoms with Crippen LogP contribution in [0.15, 0.2) is 164 Å². The van der Waals surface area contributed by atoms with E-state index >= 15 is 0 Å². The second kappa shape index (κ2) is 15.4. The topological polar surface area (TPSA) is 0 Å². The van der Waals surface area contributed by atoms with Crippen LogP contribution in [0.25, 0.3) is 94.8 Å². The van der Waals surface area contributed by atoms with Crippen molar-refractivity contribution in [1.29, 1.82) is 0 Å². The van der Waals surface area contributed by atoms with Gasteiger partial charge in [0.2, 0.25) is 0 Å². The van der Waals surface area contributed by atoms with Crippen molar-refractivity contribution in [2.24, 2.45) is 5.92 Å². The zero-order chi connectivity index (χ0) is 48.8. The second-order valence-electron chi connectivity index (χ2n) is 24.9. The monoisotopic (exact) mass is 907 g/mol. The molecule has 2 unspecified atom stereocenters. The fraction of sp³-hybridized carbons (Fsp3) is 0.257. The Bertz CT molecular complexity index is 3530. The van der Waals surface area contributed by atoms with Crippen LogP contribution in [-0.2, 0) is 21.7 Å². The van der Waals surface area contributed by atoms with Gasteiger partial charge >= 0.3 is 0 Å². The number of benzene rings is 8. The first-order valence-corrected chi connectivity index (χ1v) is 25.7. The lowest BCUT2D eigenvalue weighted by molar-refractivity contribution is 0.568. The highest BCUT2D eigenvalue weighted by Crippen LogP contribution is 2.64. The van der Waals surface area contributed by atoms with Crippen LogP contribution in [0.5, 0.6) is 0 Å². The summed E-state index contributed by atoms with van der Waals surface area (Å²) in [7, 11) is 0. The number of hydrogen-bond donors (Lipinski definition) is 0. The molecule has 0 aliphatic heterocycles. The Morgan fingerprint density at radius 2 is 0.829 bits per heavy atom. The molecule has 8 aromatic rings. The molecule has 0 nitrogen and oxygen atoms in total. The Morgan fingerprint density at radius 1 is 0.357 bits per heavy atom. The third-order valence-electron chi connectivity index (χ3n) is 16.2. The molecule has 0 heterocycles. The van der Waals surface area contributed by atoms with Crippen molar-refractivity contribution in [3.05, 3.63) is 208 Å². The molecule has 0 aromatic heterocycles. The molecule has 0 radical (unpaired) electrons. The maximum Gasteiger partial charge on any atom is 0.0206 e. The van der Waals surface area contributed by atoms with Crippen molar-refractivity contribution < 1.29 is 0 Å². The van der Waals surface area contributed by atoms with Gasteiger partial charge in [0.15, 0.2) is 0 Å². The Labute approximate surface area is 417 Å². The Kier molecular flexibility index (Phi) is 9.76. The van der Waals surface area contributed by atoms with Gasteiger partial charge in [0.25, 0.3) is 0 Å². The summed E-state index contributed by atoms with van der Waals surface area (Å²) in [5, 5.41) is 2.70. The molecule has 0 saturated carbocycles. The first kappa shape index (κ1) is 44.4. The van der Waals surface area contributed by atoms with Gasteiger partial charge in [0.05, 0.1) is 0 Å². The van der Waals surface area contributed by atoms with Crippen LogP contribution in [0.2, 0.25) is 0 Å². The van der Waals surface area contributed by atoms with Crippen molar-refractivity contribution in [2.45, 2.75) is 111 Å². The molecular weight excluding hydrogens is 841 g/mol. The molecule has 70 heavy (non-hydrogen) atoms. The van der Waals surface area contributed by atoms with Gasteiger partial charge in [0.1, 0.15) is 0 Å². The van der Waals surface area contributed by atoms with E-state index in [0.29, 0.717) is 0 Å². The maximum atomic E-state index is 2.65. The Hall–Kier alpha value is -6.76. The van der Waals surface area contributed by atoms with Crippen LogP contribution < -0.4 is 0 Å². The molecule has 2 atom stereocenters. The van der Waals surface area contributed by atoms with Gasteiger partial charge in [-0.15, -0.1) is 0 Å². The first-order valence-electron chi connectivity index (χ1n) is 25.7. The van der Waals surface area contributed by atoms with E-state index in [0.717, 1.165) is 0 Å². The lowest BCUT2D eigenvalue weighted by Crippen LogP contribution is -2.17. The summed E-state index contributed by atoms with van der Waals surface area (Å²) in [4.78, 5) is 0. The highest BCUT2D eigenvalue weighted by molar-refractivity contribution is 6.25. The third kappa shape index (κ3) is 6.92. The highest BCUT2D eigenvalue weighted by Gasteiger charge is 2.45. The fourth-order valence-electron chi connectivity index (χ4n) is 12.3. The smallest absolute Gasteiger partial charge is 0.0206 e. The summed E-state index contributed by atoms with van der Waals surface area (Å²) < 4.78 is 0. The van der Waals surface area contributed by atoms with Crippen molar-refractivity contribution in [3.8, 4) is 66.8 Å². The van der Waals surface area contributed by atoms with Crippen LogP contribution in [0.4, 0.5) is 0 Å². The average Bonchev–Trinajstić information content (AvgIpc) is 3.85. The molecule has 4 aliphatic carbocycles. The summed E-state index contributed by atoms with van der Waals surface area (Å²) in [6.07, 6.45) is 10.0. The van der Waals surface area contributed by atoms with Crippen LogP contribution in [-0.4, -0.2) is 0 Å². The SMILES string of the molecule is CC(C)(C)c1cc(-c2ccc(-c3cc(C(C)(C)C)cc(C(C)(C)C)c3)c3c2C2=Cc4c(cc5c6c(cccc46)-c4c(-c6ccccc6)ccc(-c6ccccc6)c4-5)C4=CC=CC3C42)cc(C(C)(C)C)c1. The van der Waals surface area contributed by atoms with Gasteiger partial charge in [-0.2, -0.15) is 0 Å². The zero-order valence-corrected chi connectivity index (χ0v) is 43.3. The summed E-state index contributed by atoms with van der Waals surface area (Å²) in [6, 6.07) is 56.4. The second-order valence-corrected chi connectivity index (χ2v) is 24.9. The van der Waals surface area contributed by atoms with E-state index in [1.807, 2.05) is 0 Å². The fourth-order valence-corrected chi connectivity index (χ4v) is 12.3. The molecule has 0 bridgehead atoms. The number of hydrogen-bond acceptors (Lipinski definition) is 0. The molecule has 0 N–H and O–H groups in total. The minimum Gasteiger partial charge on any atom is -0.0760 e. The number of fused-ring (bicyclic) bond motifs is 9. The molecule has 0 heteroatoms. The van der Waals surface area contributed by atoms with E-state index in [-0.39, 0.29) is 33.5 Å². The number of rotatable bonds is 4. The van der Waals surface area contributed by atoms with Crippen LogP contribution in [0, 0.1) is 5.92 Å². The molecule has 0 amide bonds. The van der Waals surface area contributed by atoms with Gasteiger partial charge in [-0.25, -0.2) is 0 Å². The normalized spacial score (nSPS) is 16.7. The standard InChI is InChI=1S/C70H66/c1-67(2,3)45-33-43(34-46(37-45)68(4,5)6)51-31-32-52(44-35-47(69(7,8)9)38-48(36-44)70(10,11)12)66-60-40-58-53-25-19-27-55-61(53)59(39-57(58)54-26-20-28-56(62(54)60)64(51)66)65-50(42-23-17-14-18-24-42)30-29-49(63(55)65)41-21-15-13-16-22-41/h13-40,56,62H,1-12H3. The van der Waals surface area contributed by atoms with E-state index in [1.54, 1.807) is 0 Å². The molecule has 346 valence electrons. The quantitative estimate of drug-likeness (QED) is 0.165. The molecule has 0 saturated heterocycles. The third-order valence-corrected chi connectivity index (χ3v) is 16.2. The van der Waals surface area contributed by atoms with E-state index in [1.165, 1.54) is 133 Å². The number of allylic oxidation sites excluding steroid dienone is 5. The van der Waals surface area contributed by atoms with Crippen LogP contribution in [0.3, 0.4) is 0 Å². The van der Waals surface area contributed by atoms with Crippen molar-refractivity contribution in [2.75, 3.05) is 0 Å². The molecule has 0 spiro atoms.